The van der Waals surface area contributed by atoms with Crippen LogP contribution in [0.4, 0.5) is 4.39 Å². The Labute approximate surface area is 150 Å². The summed E-state index contributed by atoms with van der Waals surface area (Å²) in [4.78, 5) is 25.9. The SMILES string of the molecule is CCN(CC)C(=O)CSC1=C(C#N)C(c2ccc(F)cc2)CC(=O)N1. The van der Waals surface area contributed by atoms with Crippen molar-refractivity contribution in [2.45, 2.75) is 26.2 Å². The van der Waals surface area contributed by atoms with Crippen LogP contribution in [0.5, 0.6) is 0 Å². The summed E-state index contributed by atoms with van der Waals surface area (Å²) >= 11 is 1.16. The topological polar surface area (TPSA) is 73.2 Å². The highest BCUT2D eigenvalue weighted by Gasteiger charge is 2.30. The first-order chi connectivity index (χ1) is 12.0. The maximum Gasteiger partial charge on any atom is 0.232 e. The van der Waals surface area contributed by atoms with Gasteiger partial charge < -0.3 is 10.2 Å². The van der Waals surface area contributed by atoms with Gasteiger partial charge in [0.1, 0.15) is 5.82 Å². The Morgan fingerprint density at radius 3 is 2.56 bits per heavy atom. The molecule has 0 aromatic heterocycles. The minimum absolute atomic E-state index is 0.0436. The first kappa shape index (κ1) is 19.0. The lowest BCUT2D eigenvalue weighted by Crippen LogP contribution is -2.34. The fraction of sp³-hybridized carbons (Fsp3) is 0.389. The first-order valence-corrected chi connectivity index (χ1v) is 9.08. The van der Waals surface area contributed by atoms with E-state index in [-0.39, 0.29) is 29.8 Å². The van der Waals surface area contributed by atoms with Crippen molar-refractivity contribution in [2.24, 2.45) is 0 Å². The Kier molecular flexibility index (Phi) is 6.59. The van der Waals surface area contributed by atoms with Gasteiger partial charge in [0.2, 0.25) is 11.8 Å². The molecule has 1 heterocycles. The third-order valence-electron chi connectivity index (χ3n) is 4.08. The Bertz CT molecular complexity index is 721. The molecule has 1 atom stereocenters. The van der Waals surface area contributed by atoms with Crippen LogP contribution in [0, 0.1) is 17.1 Å². The Morgan fingerprint density at radius 2 is 2.00 bits per heavy atom. The van der Waals surface area contributed by atoms with Crippen molar-refractivity contribution in [3.05, 3.63) is 46.2 Å². The summed E-state index contributed by atoms with van der Waals surface area (Å²) in [7, 11) is 0. The molecule has 0 fully saturated rings. The molecule has 2 rings (SSSR count). The molecule has 25 heavy (non-hydrogen) atoms. The highest BCUT2D eigenvalue weighted by molar-refractivity contribution is 8.03. The zero-order valence-corrected chi connectivity index (χ0v) is 15.0. The van der Waals surface area contributed by atoms with Gasteiger partial charge in [-0.25, -0.2) is 4.39 Å². The minimum atomic E-state index is -0.426. The lowest BCUT2D eigenvalue weighted by atomic mass is 9.87. The Balaban J connectivity index is 2.24. The van der Waals surface area contributed by atoms with Crippen molar-refractivity contribution in [1.29, 1.82) is 5.26 Å². The smallest absolute Gasteiger partial charge is 0.232 e. The molecule has 0 spiro atoms. The molecule has 0 saturated carbocycles. The van der Waals surface area contributed by atoms with Crippen LogP contribution in [0.25, 0.3) is 0 Å². The van der Waals surface area contributed by atoms with Gasteiger partial charge >= 0.3 is 0 Å². The van der Waals surface area contributed by atoms with Crippen molar-refractivity contribution in [3.8, 4) is 6.07 Å². The molecule has 5 nitrogen and oxygen atoms in total. The molecular formula is C18H20FN3O2S. The van der Waals surface area contributed by atoms with Gasteiger partial charge in [0.05, 0.1) is 22.4 Å². The molecule has 1 aromatic rings. The maximum atomic E-state index is 13.1. The van der Waals surface area contributed by atoms with Gasteiger partial charge in [-0.3, -0.25) is 9.59 Å². The molecule has 0 bridgehead atoms. The van der Waals surface area contributed by atoms with Gasteiger partial charge in [-0.2, -0.15) is 5.26 Å². The molecule has 0 saturated heterocycles. The zero-order chi connectivity index (χ0) is 18.4. The first-order valence-electron chi connectivity index (χ1n) is 8.10. The zero-order valence-electron chi connectivity index (χ0n) is 14.2. The van der Waals surface area contributed by atoms with E-state index in [0.717, 1.165) is 11.8 Å². The molecule has 132 valence electrons. The van der Waals surface area contributed by atoms with E-state index in [1.807, 2.05) is 13.8 Å². The minimum Gasteiger partial charge on any atom is -0.343 e. The predicted octanol–water partition coefficient (Wildman–Crippen LogP) is 2.77. The number of rotatable bonds is 6. The van der Waals surface area contributed by atoms with Crippen LogP contribution in [0.2, 0.25) is 0 Å². The van der Waals surface area contributed by atoms with Crippen molar-refractivity contribution in [1.82, 2.24) is 10.2 Å². The number of carbonyl (C=O) groups excluding carboxylic acids is 2. The molecule has 1 aromatic carbocycles. The third-order valence-corrected chi connectivity index (χ3v) is 5.09. The maximum absolute atomic E-state index is 13.1. The third kappa shape index (κ3) is 4.60. The quantitative estimate of drug-likeness (QED) is 0.846. The summed E-state index contributed by atoms with van der Waals surface area (Å²) in [5, 5.41) is 12.7. The predicted molar refractivity (Wildman–Crippen MR) is 94.9 cm³/mol. The Morgan fingerprint density at radius 1 is 1.36 bits per heavy atom. The second-order valence-electron chi connectivity index (χ2n) is 5.57. The summed E-state index contributed by atoms with van der Waals surface area (Å²) < 4.78 is 13.1. The van der Waals surface area contributed by atoms with Crippen LogP contribution in [0.1, 0.15) is 31.7 Å². The number of hydrogen-bond acceptors (Lipinski definition) is 4. The number of nitrogens with one attached hydrogen (secondary N) is 1. The van der Waals surface area contributed by atoms with Crippen molar-refractivity contribution in [2.75, 3.05) is 18.8 Å². The van der Waals surface area contributed by atoms with E-state index in [1.165, 1.54) is 12.1 Å². The van der Waals surface area contributed by atoms with E-state index in [9.17, 15) is 19.2 Å². The number of thioether (sulfide) groups is 1. The second kappa shape index (κ2) is 8.67. The molecule has 0 aliphatic carbocycles. The van der Waals surface area contributed by atoms with E-state index >= 15 is 0 Å². The van der Waals surface area contributed by atoms with E-state index < -0.39 is 5.92 Å². The number of allylic oxidation sites excluding steroid dienone is 1. The van der Waals surface area contributed by atoms with E-state index in [1.54, 1.807) is 17.0 Å². The normalized spacial score (nSPS) is 17.0. The summed E-state index contributed by atoms with van der Waals surface area (Å²) in [6, 6.07) is 7.94. The van der Waals surface area contributed by atoms with E-state index in [4.69, 9.17) is 0 Å². The van der Waals surface area contributed by atoms with Crippen LogP contribution in [0.3, 0.4) is 0 Å². The summed E-state index contributed by atoms with van der Waals surface area (Å²) in [5.41, 5.74) is 1.12. The van der Waals surface area contributed by atoms with Crippen LogP contribution in [-0.4, -0.2) is 35.6 Å². The fourth-order valence-electron chi connectivity index (χ4n) is 2.71. The van der Waals surface area contributed by atoms with Crippen LogP contribution >= 0.6 is 11.8 Å². The molecule has 1 unspecified atom stereocenters. The highest BCUT2D eigenvalue weighted by atomic mass is 32.2. The molecule has 0 radical (unpaired) electrons. The number of nitriles is 1. The lowest BCUT2D eigenvalue weighted by Gasteiger charge is -2.25. The number of halogens is 1. The van der Waals surface area contributed by atoms with Gasteiger partial charge in [0, 0.05) is 25.4 Å². The van der Waals surface area contributed by atoms with Crippen molar-refractivity contribution < 1.29 is 14.0 Å². The van der Waals surface area contributed by atoms with E-state index in [0.29, 0.717) is 29.3 Å². The van der Waals surface area contributed by atoms with Crippen molar-refractivity contribution >= 4 is 23.6 Å². The number of amides is 2. The van der Waals surface area contributed by atoms with Gasteiger partial charge in [-0.1, -0.05) is 23.9 Å². The lowest BCUT2D eigenvalue weighted by molar-refractivity contribution is -0.128. The number of carbonyl (C=O) groups is 2. The van der Waals surface area contributed by atoms with Crippen LogP contribution < -0.4 is 5.32 Å². The van der Waals surface area contributed by atoms with Crippen molar-refractivity contribution in [3.63, 3.8) is 0 Å². The average molecular weight is 361 g/mol. The van der Waals surface area contributed by atoms with Gasteiger partial charge in [0.25, 0.3) is 0 Å². The molecule has 1 N–H and O–H groups in total. The standard InChI is InChI=1S/C18H20FN3O2S/c1-3-22(4-2)17(24)11-25-18-15(10-20)14(9-16(23)21-18)12-5-7-13(19)8-6-12/h5-8,14H,3-4,9,11H2,1-2H3,(H,21,23). The van der Waals surface area contributed by atoms with Crippen LogP contribution in [-0.2, 0) is 9.59 Å². The number of benzene rings is 1. The van der Waals surface area contributed by atoms with Crippen LogP contribution in [0.15, 0.2) is 34.9 Å². The Hall–Kier alpha value is -2.33. The van der Waals surface area contributed by atoms with Gasteiger partial charge in [-0.05, 0) is 31.5 Å². The average Bonchev–Trinajstić information content (AvgIpc) is 2.61. The van der Waals surface area contributed by atoms with Gasteiger partial charge in [0.15, 0.2) is 0 Å². The van der Waals surface area contributed by atoms with E-state index in [2.05, 4.69) is 11.4 Å². The largest absolute Gasteiger partial charge is 0.343 e. The monoisotopic (exact) mass is 361 g/mol. The fourth-order valence-corrected chi connectivity index (χ4v) is 3.69. The summed E-state index contributed by atoms with van der Waals surface area (Å²) in [6.07, 6.45) is 0.128. The second-order valence-corrected chi connectivity index (χ2v) is 6.55. The van der Waals surface area contributed by atoms with Gasteiger partial charge in [-0.15, -0.1) is 0 Å². The number of hydrogen-bond donors (Lipinski definition) is 1. The summed E-state index contributed by atoms with van der Waals surface area (Å²) in [6.45, 7) is 5.03. The molecule has 1 aliphatic heterocycles. The highest BCUT2D eigenvalue weighted by Crippen LogP contribution is 2.35. The molecule has 2 amide bonds. The summed E-state index contributed by atoms with van der Waals surface area (Å²) in [5.74, 6) is -0.904. The number of nitrogens with zero attached hydrogens (tertiary/aromatic N) is 2. The molecule has 1 aliphatic rings. The molecular weight excluding hydrogens is 341 g/mol. The molecule has 7 heteroatoms.